The molecule has 2 rings (SSSR count). The number of anilines is 2. The van der Waals surface area contributed by atoms with E-state index in [2.05, 4.69) is 15.3 Å². The second kappa shape index (κ2) is 4.93. The van der Waals surface area contributed by atoms with E-state index in [-0.39, 0.29) is 11.5 Å². The van der Waals surface area contributed by atoms with E-state index in [4.69, 9.17) is 11.0 Å². The van der Waals surface area contributed by atoms with Gasteiger partial charge in [-0.15, -0.1) is 0 Å². The Balaban J connectivity index is 2.14. The average Bonchev–Trinajstić information content (AvgIpc) is 2.39. The molecule has 3 N–H and O–H groups in total. The van der Waals surface area contributed by atoms with Crippen LogP contribution in [0.2, 0.25) is 0 Å². The van der Waals surface area contributed by atoms with Crippen LogP contribution < -0.4 is 11.1 Å². The number of rotatable bonds is 2. The number of nitrogens with two attached hydrogens (primary N) is 1. The summed E-state index contributed by atoms with van der Waals surface area (Å²) in [5.74, 6) is -0.220. The number of nitriles is 1. The van der Waals surface area contributed by atoms with Gasteiger partial charge in [-0.05, 0) is 24.3 Å². The molecular weight excluding hydrogens is 230 g/mol. The molecule has 18 heavy (non-hydrogen) atoms. The van der Waals surface area contributed by atoms with Crippen molar-refractivity contribution in [3.05, 3.63) is 47.9 Å². The Kier molecular flexibility index (Phi) is 3.16. The van der Waals surface area contributed by atoms with Crippen LogP contribution >= 0.6 is 0 Å². The smallest absolute Gasteiger partial charge is 0.275 e. The first-order chi connectivity index (χ1) is 8.69. The van der Waals surface area contributed by atoms with E-state index in [1.807, 2.05) is 6.07 Å². The zero-order valence-corrected chi connectivity index (χ0v) is 9.29. The van der Waals surface area contributed by atoms with Gasteiger partial charge in [-0.3, -0.25) is 9.78 Å². The van der Waals surface area contributed by atoms with Crippen LogP contribution in [0.25, 0.3) is 0 Å². The third-order valence-electron chi connectivity index (χ3n) is 2.16. The molecule has 0 spiro atoms. The highest BCUT2D eigenvalue weighted by Gasteiger charge is 2.08. The SMILES string of the molecule is N#Cc1ccc(NC(=O)c2cncc(N)n2)cc1. The molecule has 2 aromatic rings. The first-order valence-electron chi connectivity index (χ1n) is 5.08. The van der Waals surface area contributed by atoms with Crippen LogP contribution in [0.5, 0.6) is 0 Å². The summed E-state index contributed by atoms with van der Waals surface area (Å²) in [7, 11) is 0. The van der Waals surface area contributed by atoms with Crippen molar-refractivity contribution in [1.82, 2.24) is 9.97 Å². The molecule has 0 unspecified atom stereocenters. The molecule has 6 heteroatoms. The summed E-state index contributed by atoms with van der Waals surface area (Å²) in [5, 5.41) is 11.3. The Morgan fingerprint density at radius 2 is 2.00 bits per heavy atom. The van der Waals surface area contributed by atoms with Crippen LogP contribution in [-0.2, 0) is 0 Å². The summed E-state index contributed by atoms with van der Waals surface area (Å²) in [4.78, 5) is 19.4. The minimum absolute atomic E-state index is 0.138. The summed E-state index contributed by atoms with van der Waals surface area (Å²) in [6, 6.07) is 8.49. The number of hydrogen-bond acceptors (Lipinski definition) is 5. The summed E-state index contributed by atoms with van der Waals surface area (Å²) in [5.41, 5.74) is 6.67. The van der Waals surface area contributed by atoms with E-state index in [9.17, 15) is 4.79 Å². The summed E-state index contributed by atoms with van der Waals surface area (Å²) in [6.07, 6.45) is 2.69. The number of benzene rings is 1. The van der Waals surface area contributed by atoms with E-state index in [0.717, 1.165) is 0 Å². The van der Waals surface area contributed by atoms with Crippen molar-refractivity contribution in [2.45, 2.75) is 0 Å². The molecular formula is C12H9N5O. The molecule has 0 saturated carbocycles. The summed E-state index contributed by atoms with van der Waals surface area (Å²) < 4.78 is 0. The highest BCUT2D eigenvalue weighted by molar-refractivity contribution is 6.02. The lowest BCUT2D eigenvalue weighted by molar-refractivity contribution is 0.102. The van der Waals surface area contributed by atoms with Crippen LogP contribution in [0.1, 0.15) is 16.1 Å². The lowest BCUT2D eigenvalue weighted by Gasteiger charge is -2.04. The fourth-order valence-corrected chi connectivity index (χ4v) is 1.31. The van der Waals surface area contributed by atoms with Crippen LogP contribution in [0.4, 0.5) is 11.5 Å². The van der Waals surface area contributed by atoms with E-state index in [1.165, 1.54) is 12.4 Å². The lowest BCUT2D eigenvalue weighted by atomic mass is 10.2. The van der Waals surface area contributed by atoms with Crippen LogP contribution in [0, 0.1) is 11.3 Å². The molecule has 0 aliphatic rings. The zero-order chi connectivity index (χ0) is 13.0. The molecule has 0 aliphatic carbocycles. The van der Waals surface area contributed by atoms with E-state index in [0.29, 0.717) is 11.3 Å². The summed E-state index contributed by atoms with van der Waals surface area (Å²) >= 11 is 0. The lowest BCUT2D eigenvalue weighted by Crippen LogP contribution is -2.14. The van der Waals surface area contributed by atoms with Gasteiger partial charge in [0.15, 0.2) is 0 Å². The van der Waals surface area contributed by atoms with Crippen LogP contribution in [0.15, 0.2) is 36.7 Å². The zero-order valence-electron chi connectivity index (χ0n) is 9.29. The molecule has 1 aromatic carbocycles. The Hall–Kier alpha value is -2.94. The predicted molar refractivity (Wildman–Crippen MR) is 65.6 cm³/mol. The Morgan fingerprint density at radius 3 is 2.61 bits per heavy atom. The molecule has 1 heterocycles. The van der Waals surface area contributed by atoms with Gasteiger partial charge in [0.1, 0.15) is 11.5 Å². The number of carbonyl (C=O) groups excluding carboxylic acids is 1. The number of nitrogen functional groups attached to an aromatic ring is 1. The molecule has 1 amide bonds. The Morgan fingerprint density at radius 1 is 1.28 bits per heavy atom. The second-order valence-corrected chi connectivity index (χ2v) is 3.47. The molecule has 0 fully saturated rings. The molecule has 1 aromatic heterocycles. The highest BCUT2D eigenvalue weighted by atomic mass is 16.1. The van der Waals surface area contributed by atoms with Crippen LogP contribution in [-0.4, -0.2) is 15.9 Å². The fraction of sp³-hybridized carbons (Fsp3) is 0. The Bertz CT molecular complexity index is 615. The number of hydrogen-bond donors (Lipinski definition) is 2. The quantitative estimate of drug-likeness (QED) is 0.818. The van der Waals surface area contributed by atoms with Gasteiger partial charge in [-0.25, -0.2) is 4.98 Å². The largest absolute Gasteiger partial charge is 0.382 e. The van der Waals surface area contributed by atoms with E-state index in [1.54, 1.807) is 24.3 Å². The van der Waals surface area contributed by atoms with E-state index >= 15 is 0 Å². The van der Waals surface area contributed by atoms with Gasteiger partial charge in [0, 0.05) is 5.69 Å². The molecule has 0 radical (unpaired) electrons. The number of amides is 1. The minimum Gasteiger partial charge on any atom is -0.382 e. The van der Waals surface area contributed by atoms with Crippen molar-refractivity contribution in [3.63, 3.8) is 0 Å². The third kappa shape index (κ3) is 2.59. The molecule has 0 saturated heterocycles. The maximum absolute atomic E-state index is 11.8. The van der Waals surface area contributed by atoms with Gasteiger partial charge >= 0.3 is 0 Å². The fourth-order valence-electron chi connectivity index (χ4n) is 1.31. The molecule has 0 aliphatic heterocycles. The van der Waals surface area contributed by atoms with Gasteiger partial charge in [0.25, 0.3) is 5.91 Å². The summed E-state index contributed by atoms with van der Waals surface area (Å²) in [6.45, 7) is 0. The minimum atomic E-state index is -0.403. The first-order valence-corrected chi connectivity index (χ1v) is 5.08. The second-order valence-electron chi connectivity index (χ2n) is 3.47. The van der Waals surface area contributed by atoms with Crippen molar-refractivity contribution in [3.8, 4) is 6.07 Å². The average molecular weight is 239 g/mol. The monoisotopic (exact) mass is 239 g/mol. The predicted octanol–water partition coefficient (Wildman–Crippen LogP) is 1.18. The Labute approximate surface area is 103 Å². The first kappa shape index (κ1) is 11.5. The van der Waals surface area contributed by atoms with E-state index < -0.39 is 5.91 Å². The van der Waals surface area contributed by atoms with Crippen molar-refractivity contribution in [2.75, 3.05) is 11.1 Å². The molecule has 6 nitrogen and oxygen atoms in total. The normalized spacial score (nSPS) is 9.50. The maximum atomic E-state index is 11.8. The van der Waals surface area contributed by atoms with Gasteiger partial charge in [0.05, 0.1) is 24.0 Å². The topological polar surface area (TPSA) is 105 Å². The van der Waals surface area contributed by atoms with Crippen LogP contribution in [0.3, 0.4) is 0 Å². The van der Waals surface area contributed by atoms with Gasteiger partial charge in [0.2, 0.25) is 0 Å². The molecule has 88 valence electrons. The molecule has 0 atom stereocenters. The van der Waals surface area contributed by atoms with Crippen molar-refractivity contribution < 1.29 is 4.79 Å². The maximum Gasteiger partial charge on any atom is 0.275 e. The van der Waals surface area contributed by atoms with Gasteiger partial charge in [-0.1, -0.05) is 0 Å². The van der Waals surface area contributed by atoms with Gasteiger partial charge < -0.3 is 11.1 Å². The van der Waals surface area contributed by atoms with Gasteiger partial charge in [-0.2, -0.15) is 5.26 Å². The number of aromatic nitrogens is 2. The van der Waals surface area contributed by atoms with Crippen molar-refractivity contribution >= 4 is 17.4 Å². The van der Waals surface area contributed by atoms with Crippen molar-refractivity contribution in [2.24, 2.45) is 0 Å². The third-order valence-corrected chi connectivity index (χ3v) is 2.16. The standard InChI is InChI=1S/C12H9N5O/c13-5-8-1-3-9(4-2-8)16-12(18)10-6-15-7-11(14)17-10/h1-4,6-7H,(H2,14,17)(H,16,18). The number of nitrogens with one attached hydrogen (secondary N) is 1. The molecule has 0 bridgehead atoms. The number of nitrogens with zero attached hydrogens (tertiary/aromatic N) is 3. The highest BCUT2D eigenvalue weighted by Crippen LogP contribution is 2.10. The van der Waals surface area contributed by atoms with Crippen molar-refractivity contribution in [1.29, 1.82) is 5.26 Å². The number of carbonyl (C=O) groups is 1.